The molecule has 6 heteroatoms. The summed E-state index contributed by atoms with van der Waals surface area (Å²) in [5.41, 5.74) is 4.39. The highest BCUT2D eigenvalue weighted by Gasteiger charge is 2.18. The minimum Gasteiger partial charge on any atom is -0.369 e. The van der Waals surface area contributed by atoms with Crippen molar-refractivity contribution >= 4 is 22.2 Å². The third kappa shape index (κ3) is 2.88. The second-order valence-corrected chi connectivity index (χ2v) is 6.73. The fraction of sp³-hybridized carbons (Fsp3) is 0.250. The van der Waals surface area contributed by atoms with Crippen molar-refractivity contribution in [2.24, 2.45) is 0 Å². The molecule has 0 unspecified atom stereocenters. The van der Waals surface area contributed by atoms with E-state index in [0.717, 1.165) is 55.0 Å². The van der Waals surface area contributed by atoms with Gasteiger partial charge in [-0.2, -0.15) is 0 Å². The number of fused-ring (bicyclic) bond motifs is 2. The zero-order valence-electron chi connectivity index (χ0n) is 14.5. The van der Waals surface area contributed by atoms with Gasteiger partial charge in [0.15, 0.2) is 0 Å². The molecule has 1 saturated heterocycles. The van der Waals surface area contributed by atoms with Crippen molar-refractivity contribution in [3.05, 3.63) is 67.0 Å². The van der Waals surface area contributed by atoms with E-state index < -0.39 is 0 Å². The maximum Gasteiger partial charge on any atom is 0.137 e. The third-order valence-corrected chi connectivity index (χ3v) is 5.03. The number of hydrogen-bond acceptors (Lipinski definition) is 5. The molecule has 0 spiro atoms. The molecule has 4 heterocycles. The Kier molecular flexibility index (Phi) is 3.75. The molecule has 1 aromatic carbocycles. The van der Waals surface area contributed by atoms with Crippen molar-refractivity contribution < 1.29 is 0 Å². The number of pyridine rings is 1. The number of hydrogen-bond donors (Lipinski definition) is 0. The molecule has 0 N–H and O–H groups in total. The molecule has 130 valence electrons. The normalized spacial score (nSPS) is 15.8. The van der Waals surface area contributed by atoms with Crippen molar-refractivity contribution in [1.82, 2.24) is 24.3 Å². The zero-order valence-corrected chi connectivity index (χ0v) is 14.5. The van der Waals surface area contributed by atoms with E-state index >= 15 is 0 Å². The molecular weight excluding hydrogens is 324 g/mol. The fourth-order valence-corrected chi connectivity index (χ4v) is 3.63. The van der Waals surface area contributed by atoms with Crippen LogP contribution in [0.5, 0.6) is 0 Å². The fourth-order valence-electron chi connectivity index (χ4n) is 3.63. The van der Waals surface area contributed by atoms with Gasteiger partial charge in [-0.05, 0) is 30.3 Å². The highest BCUT2D eigenvalue weighted by Crippen LogP contribution is 2.22. The number of aromatic nitrogens is 4. The Hall–Kier alpha value is -2.99. The van der Waals surface area contributed by atoms with Gasteiger partial charge in [-0.15, -0.1) is 0 Å². The van der Waals surface area contributed by atoms with Gasteiger partial charge in [-0.25, -0.2) is 15.0 Å². The van der Waals surface area contributed by atoms with Gasteiger partial charge in [0.1, 0.15) is 12.0 Å². The molecule has 1 aliphatic heterocycles. The van der Waals surface area contributed by atoms with Gasteiger partial charge >= 0.3 is 0 Å². The van der Waals surface area contributed by atoms with Crippen LogP contribution < -0.4 is 4.90 Å². The summed E-state index contributed by atoms with van der Waals surface area (Å²) >= 11 is 0. The molecule has 0 bridgehead atoms. The lowest BCUT2D eigenvalue weighted by atomic mass is 10.2. The molecule has 0 saturated carbocycles. The second-order valence-electron chi connectivity index (χ2n) is 6.73. The summed E-state index contributed by atoms with van der Waals surface area (Å²) in [5, 5.41) is 1.09. The smallest absolute Gasteiger partial charge is 0.137 e. The Labute approximate surface area is 151 Å². The minimum atomic E-state index is 0.904. The first-order valence-electron chi connectivity index (χ1n) is 8.95. The second kappa shape index (κ2) is 6.38. The largest absolute Gasteiger partial charge is 0.369 e. The van der Waals surface area contributed by atoms with E-state index in [1.807, 2.05) is 30.6 Å². The van der Waals surface area contributed by atoms with E-state index in [1.54, 1.807) is 6.33 Å². The third-order valence-electron chi connectivity index (χ3n) is 5.03. The Morgan fingerprint density at radius 2 is 1.92 bits per heavy atom. The summed E-state index contributed by atoms with van der Waals surface area (Å²) in [5.74, 6) is 0. The van der Waals surface area contributed by atoms with Gasteiger partial charge in [-0.1, -0.05) is 6.07 Å². The lowest BCUT2D eigenvalue weighted by Crippen LogP contribution is -2.46. The summed E-state index contributed by atoms with van der Waals surface area (Å²) in [6.07, 6.45) is 7.66. The highest BCUT2D eigenvalue weighted by molar-refractivity contribution is 5.81. The van der Waals surface area contributed by atoms with Crippen LogP contribution in [0.1, 0.15) is 5.69 Å². The van der Waals surface area contributed by atoms with Crippen LogP contribution in [-0.4, -0.2) is 50.4 Å². The molecular formula is C20H20N6. The van der Waals surface area contributed by atoms with Crippen molar-refractivity contribution in [3.63, 3.8) is 0 Å². The van der Waals surface area contributed by atoms with Crippen LogP contribution >= 0.6 is 0 Å². The van der Waals surface area contributed by atoms with Crippen molar-refractivity contribution in [2.45, 2.75) is 6.54 Å². The molecule has 3 aromatic heterocycles. The maximum absolute atomic E-state index is 4.71. The number of rotatable bonds is 3. The van der Waals surface area contributed by atoms with Crippen LogP contribution in [0.2, 0.25) is 0 Å². The van der Waals surface area contributed by atoms with E-state index in [4.69, 9.17) is 4.98 Å². The average molecular weight is 344 g/mol. The summed E-state index contributed by atoms with van der Waals surface area (Å²) in [6, 6.07) is 12.5. The van der Waals surface area contributed by atoms with E-state index in [9.17, 15) is 0 Å². The Balaban J connectivity index is 1.26. The van der Waals surface area contributed by atoms with E-state index in [0.29, 0.717) is 0 Å². The average Bonchev–Trinajstić information content (AvgIpc) is 3.10. The molecule has 5 rings (SSSR count). The van der Waals surface area contributed by atoms with Crippen LogP contribution in [0.3, 0.4) is 0 Å². The SMILES string of the molecule is c1ccn2cc(CN3CCN(c4ccc5ncncc5c4)CC3)nc2c1. The Morgan fingerprint density at radius 3 is 2.81 bits per heavy atom. The number of benzene rings is 1. The van der Waals surface area contributed by atoms with E-state index in [2.05, 4.69) is 48.6 Å². The van der Waals surface area contributed by atoms with E-state index in [-0.39, 0.29) is 0 Å². The topological polar surface area (TPSA) is 49.6 Å². The molecule has 0 atom stereocenters. The summed E-state index contributed by atoms with van der Waals surface area (Å²) < 4.78 is 2.09. The first kappa shape index (κ1) is 15.3. The molecule has 0 amide bonds. The first-order chi connectivity index (χ1) is 12.8. The molecule has 26 heavy (non-hydrogen) atoms. The van der Waals surface area contributed by atoms with Crippen LogP contribution in [0.15, 0.2) is 61.3 Å². The Morgan fingerprint density at radius 1 is 1.00 bits per heavy atom. The molecule has 1 fully saturated rings. The molecule has 0 radical (unpaired) electrons. The van der Waals surface area contributed by atoms with Crippen LogP contribution in [0.25, 0.3) is 16.6 Å². The number of nitrogens with zero attached hydrogens (tertiary/aromatic N) is 6. The number of piperazine rings is 1. The van der Waals surface area contributed by atoms with Crippen LogP contribution in [0, 0.1) is 0 Å². The quantitative estimate of drug-likeness (QED) is 0.572. The van der Waals surface area contributed by atoms with Gasteiger partial charge in [0.2, 0.25) is 0 Å². The lowest BCUT2D eigenvalue weighted by molar-refractivity contribution is 0.247. The van der Waals surface area contributed by atoms with Gasteiger partial charge in [0.25, 0.3) is 0 Å². The summed E-state index contributed by atoms with van der Waals surface area (Å²) in [4.78, 5) is 18.1. The predicted octanol–water partition coefficient (Wildman–Crippen LogP) is 2.60. The predicted molar refractivity (Wildman–Crippen MR) is 102 cm³/mol. The van der Waals surface area contributed by atoms with Crippen molar-refractivity contribution in [3.8, 4) is 0 Å². The molecule has 4 aromatic rings. The Bertz CT molecular complexity index is 1020. The van der Waals surface area contributed by atoms with E-state index in [1.165, 1.54) is 5.69 Å². The van der Waals surface area contributed by atoms with Gasteiger partial charge in [0.05, 0.1) is 11.2 Å². The minimum absolute atomic E-state index is 0.904. The first-order valence-corrected chi connectivity index (χ1v) is 8.95. The van der Waals surface area contributed by atoms with Gasteiger partial charge in [0, 0.05) is 62.4 Å². The number of imidazole rings is 1. The highest BCUT2D eigenvalue weighted by atomic mass is 15.3. The van der Waals surface area contributed by atoms with Gasteiger partial charge < -0.3 is 9.30 Å². The number of anilines is 1. The van der Waals surface area contributed by atoms with Crippen molar-refractivity contribution in [1.29, 1.82) is 0 Å². The van der Waals surface area contributed by atoms with Crippen molar-refractivity contribution in [2.75, 3.05) is 31.1 Å². The monoisotopic (exact) mass is 344 g/mol. The maximum atomic E-state index is 4.71. The van der Waals surface area contributed by atoms with Crippen LogP contribution in [-0.2, 0) is 6.54 Å². The standard InChI is InChI=1S/C20H20N6/c1-2-6-26-14-17(23-20(26)3-1)13-24-7-9-25(10-8-24)18-4-5-19-16(11-18)12-21-15-22-19/h1-6,11-12,14-15H,7-10,13H2. The van der Waals surface area contributed by atoms with Crippen LogP contribution in [0.4, 0.5) is 5.69 Å². The summed E-state index contributed by atoms with van der Waals surface area (Å²) in [7, 11) is 0. The summed E-state index contributed by atoms with van der Waals surface area (Å²) in [6.45, 7) is 5.02. The zero-order chi connectivity index (χ0) is 17.3. The molecule has 0 aliphatic carbocycles. The van der Waals surface area contributed by atoms with Gasteiger partial charge in [-0.3, -0.25) is 4.90 Å². The molecule has 1 aliphatic rings. The molecule has 6 nitrogen and oxygen atoms in total. The lowest BCUT2D eigenvalue weighted by Gasteiger charge is -2.35.